The first kappa shape index (κ1) is 15.0. The maximum Gasteiger partial charge on any atom is 0.128 e. The zero-order chi connectivity index (χ0) is 16.1. The molecular formula is C21H17FO. The standard InChI is InChI=1S/C21H17FO/c1-2-14-23-20-13-7-12-19(17-10-6-11-18(22)15-17)21(20)16-8-4-3-5-9-16/h2-13,15H,1,14H2. The Morgan fingerprint density at radius 3 is 2.35 bits per heavy atom. The monoisotopic (exact) mass is 304 g/mol. The summed E-state index contributed by atoms with van der Waals surface area (Å²) in [6, 6.07) is 22.4. The van der Waals surface area contributed by atoms with Gasteiger partial charge in [-0.2, -0.15) is 0 Å². The third-order valence-electron chi connectivity index (χ3n) is 3.58. The molecule has 0 fully saturated rings. The van der Waals surface area contributed by atoms with Crippen LogP contribution in [0.15, 0.2) is 85.5 Å². The van der Waals surface area contributed by atoms with Crippen molar-refractivity contribution in [1.82, 2.24) is 0 Å². The van der Waals surface area contributed by atoms with Gasteiger partial charge in [0.25, 0.3) is 0 Å². The van der Waals surface area contributed by atoms with Gasteiger partial charge in [-0.15, -0.1) is 0 Å². The molecule has 2 heteroatoms. The van der Waals surface area contributed by atoms with Crippen molar-refractivity contribution in [2.24, 2.45) is 0 Å². The predicted molar refractivity (Wildman–Crippen MR) is 93.0 cm³/mol. The second-order valence-corrected chi connectivity index (χ2v) is 5.15. The Labute approximate surface area is 135 Å². The minimum Gasteiger partial charge on any atom is -0.489 e. The summed E-state index contributed by atoms with van der Waals surface area (Å²) < 4.78 is 19.5. The second-order valence-electron chi connectivity index (χ2n) is 5.15. The minimum atomic E-state index is -0.251. The lowest BCUT2D eigenvalue weighted by Crippen LogP contribution is -1.97. The van der Waals surface area contributed by atoms with Gasteiger partial charge in [-0.25, -0.2) is 4.39 Å². The third kappa shape index (κ3) is 3.32. The van der Waals surface area contributed by atoms with Crippen LogP contribution in [0.25, 0.3) is 22.3 Å². The Hall–Kier alpha value is -2.87. The Morgan fingerprint density at radius 2 is 1.61 bits per heavy atom. The average molecular weight is 304 g/mol. The van der Waals surface area contributed by atoms with Crippen LogP contribution in [0.4, 0.5) is 4.39 Å². The predicted octanol–water partition coefficient (Wildman–Crippen LogP) is 5.72. The first-order chi connectivity index (χ1) is 11.3. The average Bonchev–Trinajstić information content (AvgIpc) is 2.60. The molecule has 0 aliphatic heterocycles. The quantitative estimate of drug-likeness (QED) is 0.547. The molecule has 3 aromatic rings. The molecule has 0 N–H and O–H groups in total. The van der Waals surface area contributed by atoms with Gasteiger partial charge in [-0.1, -0.05) is 67.3 Å². The summed E-state index contributed by atoms with van der Waals surface area (Å²) in [7, 11) is 0. The van der Waals surface area contributed by atoms with E-state index in [0.717, 1.165) is 28.0 Å². The first-order valence-corrected chi connectivity index (χ1v) is 7.47. The lowest BCUT2D eigenvalue weighted by atomic mass is 9.93. The molecule has 0 spiro atoms. The highest BCUT2D eigenvalue weighted by Gasteiger charge is 2.13. The van der Waals surface area contributed by atoms with Crippen molar-refractivity contribution in [3.8, 4) is 28.0 Å². The van der Waals surface area contributed by atoms with Crippen LogP contribution in [-0.2, 0) is 0 Å². The summed E-state index contributed by atoms with van der Waals surface area (Å²) in [5, 5.41) is 0. The van der Waals surface area contributed by atoms with E-state index in [4.69, 9.17) is 4.74 Å². The molecule has 0 aliphatic carbocycles. The van der Waals surface area contributed by atoms with Crippen molar-refractivity contribution in [1.29, 1.82) is 0 Å². The summed E-state index contributed by atoms with van der Waals surface area (Å²) in [6.07, 6.45) is 1.71. The second kappa shape index (κ2) is 6.93. The zero-order valence-corrected chi connectivity index (χ0v) is 12.7. The van der Waals surface area contributed by atoms with E-state index in [0.29, 0.717) is 6.61 Å². The van der Waals surface area contributed by atoms with Crippen LogP contribution in [0.5, 0.6) is 5.75 Å². The molecule has 0 saturated carbocycles. The third-order valence-corrected chi connectivity index (χ3v) is 3.58. The van der Waals surface area contributed by atoms with Gasteiger partial charge in [0, 0.05) is 5.56 Å². The van der Waals surface area contributed by atoms with E-state index in [1.54, 1.807) is 18.2 Å². The van der Waals surface area contributed by atoms with Crippen LogP contribution in [-0.4, -0.2) is 6.61 Å². The minimum absolute atomic E-state index is 0.251. The molecule has 0 bridgehead atoms. The van der Waals surface area contributed by atoms with Crippen LogP contribution in [0.1, 0.15) is 0 Å². The number of hydrogen-bond acceptors (Lipinski definition) is 1. The lowest BCUT2D eigenvalue weighted by Gasteiger charge is -2.16. The molecule has 0 saturated heterocycles. The van der Waals surface area contributed by atoms with Crippen molar-refractivity contribution >= 4 is 0 Å². The Morgan fingerprint density at radius 1 is 0.870 bits per heavy atom. The van der Waals surface area contributed by atoms with Gasteiger partial charge in [0.1, 0.15) is 18.2 Å². The maximum absolute atomic E-state index is 13.6. The van der Waals surface area contributed by atoms with Gasteiger partial charge in [0.15, 0.2) is 0 Å². The van der Waals surface area contributed by atoms with Gasteiger partial charge in [-0.3, -0.25) is 0 Å². The fraction of sp³-hybridized carbons (Fsp3) is 0.0476. The molecule has 1 nitrogen and oxygen atoms in total. The maximum atomic E-state index is 13.6. The van der Waals surface area contributed by atoms with Crippen LogP contribution in [0, 0.1) is 5.82 Å². The molecule has 0 aliphatic rings. The molecule has 0 atom stereocenters. The van der Waals surface area contributed by atoms with Gasteiger partial charge in [0.2, 0.25) is 0 Å². The summed E-state index contributed by atoms with van der Waals surface area (Å²) in [4.78, 5) is 0. The van der Waals surface area contributed by atoms with Crippen LogP contribution in [0.2, 0.25) is 0 Å². The largest absolute Gasteiger partial charge is 0.489 e. The van der Waals surface area contributed by atoms with Gasteiger partial charge >= 0.3 is 0 Å². The van der Waals surface area contributed by atoms with E-state index < -0.39 is 0 Å². The van der Waals surface area contributed by atoms with E-state index in [-0.39, 0.29) is 5.82 Å². The highest BCUT2D eigenvalue weighted by atomic mass is 19.1. The molecule has 0 unspecified atom stereocenters. The van der Waals surface area contributed by atoms with E-state index >= 15 is 0 Å². The fourth-order valence-electron chi connectivity index (χ4n) is 2.60. The van der Waals surface area contributed by atoms with Gasteiger partial charge < -0.3 is 4.74 Å². The molecule has 0 amide bonds. The summed E-state index contributed by atoms with van der Waals surface area (Å²) in [5.41, 5.74) is 3.76. The number of rotatable bonds is 5. The van der Waals surface area contributed by atoms with Crippen molar-refractivity contribution in [3.05, 3.63) is 91.3 Å². The fourth-order valence-corrected chi connectivity index (χ4v) is 2.60. The first-order valence-electron chi connectivity index (χ1n) is 7.47. The van der Waals surface area contributed by atoms with E-state index in [1.807, 2.05) is 54.6 Å². The smallest absolute Gasteiger partial charge is 0.128 e. The van der Waals surface area contributed by atoms with E-state index in [1.165, 1.54) is 6.07 Å². The molecule has 3 aromatic carbocycles. The van der Waals surface area contributed by atoms with Crippen molar-refractivity contribution in [2.45, 2.75) is 0 Å². The molecule has 114 valence electrons. The Balaban J connectivity index is 2.21. The SMILES string of the molecule is C=CCOc1cccc(-c2cccc(F)c2)c1-c1ccccc1. The molecule has 0 radical (unpaired) electrons. The number of ether oxygens (including phenoxy) is 1. The molecular weight excluding hydrogens is 287 g/mol. The van der Waals surface area contributed by atoms with Gasteiger partial charge in [0.05, 0.1) is 0 Å². The Bertz CT molecular complexity index is 809. The highest BCUT2D eigenvalue weighted by molar-refractivity contribution is 5.87. The molecule has 0 heterocycles. The topological polar surface area (TPSA) is 9.23 Å². The Kier molecular flexibility index (Phi) is 4.53. The van der Waals surface area contributed by atoms with Gasteiger partial charge in [-0.05, 0) is 34.9 Å². The summed E-state index contributed by atoms with van der Waals surface area (Å²) in [6.45, 7) is 4.12. The molecule has 3 rings (SSSR count). The summed E-state index contributed by atoms with van der Waals surface area (Å²) in [5.74, 6) is 0.511. The van der Waals surface area contributed by atoms with Crippen LogP contribution < -0.4 is 4.74 Å². The summed E-state index contributed by atoms with van der Waals surface area (Å²) >= 11 is 0. The zero-order valence-electron chi connectivity index (χ0n) is 12.7. The molecule has 0 aromatic heterocycles. The normalized spacial score (nSPS) is 10.3. The van der Waals surface area contributed by atoms with Crippen LogP contribution in [0.3, 0.4) is 0 Å². The van der Waals surface area contributed by atoms with Crippen molar-refractivity contribution in [2.75, 3.05) is 6.61 Å². The highest BCUT2D eigenvalue weighted by Crippen LogP contribution is 2.39. The van der Waals surface area contributed by atoms with Crippen molar-refractivity contribution in [3.63, 3.8) is 0 Å². The number of benzene rings is 3. The number of hydrogen-bond donors (Lipinski definition) is 0. The van der Waals surface area contributed by atoms with Crippen LogP contribution >= 0.6 is 0 Å². The van der Waals surface area contributed by atoms with E-state index in [2.05, 4.69) is 6.58 Å². The van der Waals surface area contributed by atoms with Crippen molar-refractivity contribution < 1.29 is 9.13 Å². The molecule has 23 heavy (non-hydrogen) atoms. The number of halogens is 1. The van der Waals surface area contributed by atoms with E-state index in [9.17, 15) is 4.39 Å². The lowest BCUT2D eigenvalue weighted by molar-refractivity contribution is 0.365.